The highest BCUT2D eigenvalue weighted by Crippen LogP contribution is 2.28. The highest BCUT2D eigenvalue weighted by molar-refractivity contribution is 5.92. The molecule has 0 saturated carbocycles. The number of benzene rings is 1. The number of rotatable bonds is 6. The minimum atomic E-state index is -0.0507. The molecule has 1 aromatic rings. The van der Waals surface area contributed by atoms with Gasteiger partial charge in [0.25, 0.3) is 0 Å². The second-order valence-corrected chi connectivity index (χ2v) is 5.54. The van der Waals surface area contributed by atoms with Crippen LogP contribution in [0.1, 0.15) is 27.2 Å². The lowest BCUT2D eigenvalue weighted by atomic mass is 10.1. The highest BCUT2D eigenvalue weighted by atomic mass is 16.5. The molecular weight excluding hydrogens is 256 g/mol. The van der Waals surface area contributed by atoms with E-state index in [1.807, 2.05) is 0 Å². The fourth-order valence-corrected chi connectivity index (χ4v) is 1.67. The summed E-state index contributed by atoms with van der Waals surface area (Å²) >= 11 is 0. The third kappa shape index (κ3) is 5.48. The van der Waals surface area contributed by atoms with Gasteiger partial charge in [-0.1, -0.05) is 0 Å². The molecular formula is C15H24N2O3. The smallest absolute Gasteiger partial charge is 0.225 e. The molecule has 0 unspecified atom stereocenters. The van der Waals surface area contributed by atoms with Gasteiger partial charge in [-0.05, 0) is 32.9 Å². The van der Waals surface area contributed by atoms with Crippen molar-refractivity contribution < 1.29 is 14.3 Å². The van der Waals surface area contributed by atoms with Gasteiger partial charge in [0.05, 0.1) is 19.9 Å². The summed E-state index contributed by atoms with van der Waals surface area (Å²) in [6.07, 6.45) is 0.409. The first-order valence-electron chi connectivity index (χ1n) is 6.62. The molecule has 0 aliphatic rings. The zero-order valence-corrected chi connectivity index (χ0v) is 12.9. The summed E-state index contributed by atoms with van der Waals surface area (Å²) in [5, 5.41) is 6.11. The van der Waals surface area contributed by atoms with Crippen molar-refractivity contribution in [1.82, 2.24) is 5.32 Å². The van der Waals surface area contributed by atoms with Crippen LogP contribution in [0.2, 0.25) is 0 Å². The second kappa shape index (κ2) is 7.14. The van der Waals surface area contributed by atoms with Crippen LogP contribution in [0.5, 0.6) is 11.5 Å². The van der Waals surface area contributed by atoms with Gasteiger partial charge in [-0.25, -0.2) is 0 Å². The van der Waals surface area contributed by atoms with Gasteiger partial charge in [-0.3, -0.25) is 4.79 Å². The van der Waals surface area contributed by atoms with Gasteiger partial charge in [-0.15, -0.1) is 0 Å². The van der Waals surface area contributed by atoms with Crippen molar-refractivity contribution in [2.45, 2.75) is 32.7 Å². The predicted octanol–water partition coefficient (Wildman–Crippen LogP) is 2.42. The topological polar surface area (TPSA) is 59.6 Å². The lowest BCUT2D eigenvalue weighted by molar-refractivity contribution is -0.116. The van der Waals surface area contributed by atoms with E-state index >= 15 is 0 Å². The maximum absolute atomic E-state index is 11.9. The number of carbonyl (C=O) groups excluding carboxylic acids is 1. The minimum Gasteiger partial charge on any atom is -0.497 e. The predicted molar refractivity (Wildman–Crippen MR) is 80.5 cm³/mol. The number of nitrogens with one attached hydrogen (secondary N) is 2. The van der Waals surface area contributed by atoms with E-state index in [9.17, 15) is 4.79 Å². The number of hydrogen-bond acceptors (Lipinski definition) is 4. The molecule has 0 heterocycles. The van der Waals surface area contributed by atoms with Gasteiger partial charge in [-0.2, -0.15) is 0 Å². The van der Waals surface area contributed by atoms with E-state index in [1.165, 1.54) is 0 Å². The quantitative estimate of drug-likeness (QED) is 0.840. The largest absolute Gasteiger partial charge is 0.497 e. The second-order valence-electron chi connectivity index (χ2n) is 5.54. The molecule has 0 saturated heterocycles. The first-order chi connectivity index (χ1) is 9.35. The van der Waals surface area contributed by atoms with Gasteiger partial charge >= 0.3 is 0 Å². The summed E-state index contributed by atoms with van der Waals surface area (Å²) in [7, 11) is 3.15. The van der Waals surface area contributed by atoms with Crippen molar-refractivity contribution in [2.75, 3.05) is 26.1 Å². The van der Waals surface area contributed by atoms with Gasteiger partial charge in [0.2, 0.25) is 5.91 Å². The Bertz CT molecular complexity index is 453. The van der Waals surface area contributed by atoms with Crippen LogP contribution in [0.4, 0.5) is 5.69 Å². The van der Waals surface area contributed by atoms with E-state index < -0.39 is 0 Å². The molecule has 0 aliphatic carbocycles. The normalized spacial score (nSPS) is 11.1. The van der Waals surface area contributed by atoms with Crippen molar-refractivity contribution in [3.63, 3.8) is 0 Å². The molecule has 0 spiro atoms. The van der Waals surface area contributed by atoms with Crippen LogP contribution < -0.4 is 20.1 Å². The Labute approximate surface area is 120 Å². The average molecular weight is 280 g/mol. The zero-order valence-electron chi connectivity index (χ0n) is 12.9. The van der Waals surface area contributed by atoms with Crippen LogP contribution in [0.3, 0.4) is 0 Å². The molecule has 1 aromatic carbocycles. The van der Waals surface area contributed by atoms with Crippen molar-refractivity contribution >= 4 is 11.6 Å². The van der Waals surface area contributed by atoms with E-state index in [1.54, 1.807) is 32.4 Å². The van der Waals surface area contributed by atoms with Crippen molar-refractivity contribution in [1.29, 1.82) is 0 Å². The van der Waals surface area contributed by atoms with Crippen LogP contribution in [0, 0.1) is 0 Å². The van der Waals surface area contributed by atoms with Crippen LogP contribution in [-0.2, 0) is 4.79 Å². The molecule has 1 amide bonds. The third-order valence-electron chi connectivity index (χ3n) is 2.69. The summed E-state index contributed by atoms with van der Waals surface area (Å²) in [6, 6.07) is 5.29. The van der Waals surface area contributed by atoms with Gasteiger partial charge in [0.15, 0.2) is 0 Å². The molecule has 2 N–H and O–H groups in total. The number of carbonyl (C=O) groups is 1. The fraction of sp³-hybridized carbons (Fsp3) is 0.533. The Morgan fingerprint density at radius 1 is 1.20 bits per heavy atom. The molecule has 0 bridgehead atoms. The highest BCUT2D eigenvalue weighted by Gasteiger charge is 2.11. The Morgan fingerprint density at radius 3 is 2.45 bits per heavy atom. The van der Waals surface area contributed by atoms with Gasteiger partial charge in [0.1, 0.15) is 11.5 Å². The third-order valence-corrected chi connectivity index (χ3v) is 2.69. The monoisotopic (exact) mass is 280 g/mol. The first kappa shape index (κ1) is 16.3. The standard InChI is InChI=1S/C15H24N2O3/c1-15(2,3)16-9-8-14(18)17-12-7-6-11(19-4)10-13(12)20-5/h6-7,10,16H,8-9H2,1-5H3,(H,17,18). The summed E-state index contributed by atoms with van der Waals surface area (Å²) in [5.41, 5.74) is 0.659. The van der Waals surface area contributed by atoms with Gasteiger partial charge < -0.3 is 20.1 Å². The summed E-state index contributed by atoms with van der Waals surface area (Å²) < 4.78 is 10.4. The Kier molecular flexibility index (Phi) is 5.82. The molecule has 1 rings (SSSR count). The Hall–Kier alpha value is -1.75. The molecule has 112 valence electrons. The lowest BCUT2D eigenvalue weighted by Gasteiger charge is -2.20. The zero-order chi connectivity index (χ0) is 15.2. The molecule has 0 fully saturated rings. The van der Waals surface area contributed by atoms with E-state index in [0.717, 1.165) is 0 Å². The number of ether oxygens (including phenoxy) is 2. The van der Waals surface area contributed by atoms with Crippen LogP contribution in [-0.4, -0.2) is 32.2 Å². The van der Waals surface area contributed by atoms with E-state index in [-0.39, 0.29) is 11.4 Å². The maximum Gasteiger partial charge on any atom is 0.225 e. The maximum atomic E-state index is 11.9. The molecule has 0 radical (unpaired) electrons. The Morgan fingerprint density at radius 2 is 1.90 bits per heavy atom. The fourth-order valence-electron chi connectivity index (χ4n) is 1.67. The molecule has 0 aliphatic heterocycles. The van der Waals surface area contributed by atoms with E-state index in [2.05, 4.69) is 31.4 Å². The average Bonchev–Trinajstić information content (AvgIpc) is 2.37. The van der Waals surface area contributed by atoms with Crippen LogP contribution >= 0.6 is 0 Å². The van der Waals surface area contributed by atoms with Crippen LogP contribution in [0.15, 0.2) is 18.2 Å². The molecule has 5 nitrogen and oxygen atoms in total. The summed E-state index contributed by atoms with van der Waals surface area (Å²) in [4.78, 5) is 11.9. The summed E-state index contributed by atoms with van der Waals surface area (Å²) in [5.74, 6) is 1.22. The van der Waals surface area contributed by atoms with E-state index in [0.29, 0.717) is 30.2 Å². The lowest BCUT2D eigenvalue weighted by Crippen LogP contribution is -2.37. The number of anilines is 1. The molecule has 0 aromatic heterocycles. The van der Waals surface area contributed by atoms with Gasteiger partial charge in [0, 0.05) is 24.6 Å². The molecule has 5 heteroatoms. The number of methoxy groups -OCH3 is 2. The van der Waals surface area contributed by atoms with Crippen molar-refractivity contribution in [3.05, 3.63) is 18.2 Å². The SMILES string of the molecule is COc1ccc(NC(=O)CCNC(C)(C)C)c(OC)c1. The van der Waals surface area contributed by atoms with Crippen molar-refractivity contribution in [2.24, 2.45) is 0 Å². The first-order valence-corrected chi connectivity index (χ1v) is 6.62. The molecule has 20 heavy (non-hydrogen) atoms. The number of amides is 1. The minimum absolute atomic E-state index is 0.0120. The van der Waals surface area contributed by atoms with Crippen molar-refractivity contribution in [3.8, 4) is 11.5 Å². The van der Waals surface area contributed by atoms with Crippen LogP contribution in [0.25, 0.3) is 0 Å². The Balaban J connectivity index is 2.57. The summed E-state index contributed by atoms with van der Waals surface area (Å²) in [6.45, 7) is 6.83. The number of hydrogen-bond donors (Lipinski definition) is 2. The van der Waals surface area contributed by atoms with E-state index in [4.69, 9.17) is 9.47 Å². The molecule has 0 atom stereocenters.